The normalized spacial score (nSPS) is 16.7. The van der Waals surface area contributed by atoms with E-state index in [-0.39, 0.29) is 24.7 Å². The number of halogens is 1. The molecule has 25 heavy (non-hydrogen) atoms. The fourth-order valence-corrected chi connectivity index (χ4v) is 2.50. The van der Waals surface area contributed by atoms with Crippen LogP contribution in [0.15, 0.2) is 30.5 Å². The third-order valence-corrected chi connectivity index (χ3v) is 3.72. The average Bonchev–Trinajstić information content (AvgIpc) is 3.19. The highest BCUT2D eigenvalue weighted by Crippen LogP contribution is 2.25. The summed E-state index contributed by atoms with van der Waals surface area (Å²) in [4.78, 5) is 24.2. The lowest BCUT2D eigenvalue weighted by molar-refractivity contribution is -0.119. The van der Waals surface area contributed by atoms with Crippen LogP contribution in [0.25, 0.3) is 5.69 Å². The number of benzene rings is 1. The first-order valence-electron chi connectivity index (χ1n) is 7.60. The topological polar surface area (TPSA) is 85.7 Å². The van der Waals surface area contributed by atoms with Crippen LogP contribution in [0.2, 0.25) is 0 Å². The van der Waals surface area contributed by atoms with Crippen molar-refractivity contribution in [1.82, 2.24) is 15.1 Å². The standard InChI is InChI=1S/C16H17FN4O4/c1-10(22)18-8-12-9-20(16(23)25-12)11-3-4-14(13(17)7-11)21-6-5-15(19-21)24-2/h3-7,12H,8-9H2,1-2H3,(H,18,22)/t12-/m0/s1. The Morgan fingerprint density at radius 1 is 1.48 bits per heavy atom. The summed E-state index contributed by atoms with van der Waals surface area (Å²) in [6.07, 6.45) is 0.516. The average molecular weight is 348 g/mol. The molecule has 0 radical (unpaired) electrons. The summed E-state index contributed by atoms with van der Waals surface area (Å²) in [5.41, 5.74) is 0.602. The lowest BCUT2D eigenvalue weighted by Crippen LogP contribution is -2.33. The summed E-state index contributed by atoms with van der Waals surface area (Å²) in [7, 11) is 1.47. The SMILES string of the molecule is COc1ccn(-c2ccc(N3C[C@H](CNC(C)=O)OC3=O)cc2F)n1. The van der Waals surface area contributed by atoms with Crippen molar-refractivity contribution in [2.75, 3.05) is 25.1 Å². The maximum absolute atomic E-state index is 14.4. The van der Waals surface area contributed by atoms with E-state index < -0.39 is 18.0 Å². The third-order valence-electron chi connectivity index (χ3n) is 3.72. The van der Waals surface area contributed by atoms with Gasteiger partial charge in [-0.05, 0) is 18.2 Å². The zero-order valence-corrected chi connectivity index (χ0v) is 13.7. The van der Waals surface area contributed by atoms with Crippen molar-refractivity contribution in [3.63, 3.8) is 0 Å². The fourth-order valence-electron chi connectivity index (χ4n) is 2.50. The highest BCUT2D eigenvalue weighted by molar-refractivity contribution is 5.90. The molecule has 1 saturated heterocycles. The van der Waals surface area contributed by atoms with Crippen LogP contribution >= 0.6 is 0 Å². The van der Waals surface area contributed by atoms with Crippen molar-refractivity contribution in [2.24, 2.45) is 0 Å². The Labute approximate surface area is 143 Å². The van der Waals surface area contributed by atoms with Crippen LogP contribution in [0.5, 0.6) is 5.88 Å². The number of nitrogens with one attached hydrogen (secondary N) is 1. The monoisotopic (exact) mass is 348 g/mol. The van der Waals surface area contributed by atoms with Crippen molar-refractivity contribution >= 4 is 17.7 Å². The largest absolute Gasteiger partial charge is 0.480 e. The molecular weight excluding hydrogens is 331 g/mol. The van der Waals surface area contributed by atoms with Crippen LogP contribution in [-0.2, 0) is 9.53 Å². The molecule has 2 amide bonds. The minimum Gasteiger partial charge on any atom is -0.480 e. The van der Waals surface area contributed by atoms with Gasteiger partial charge in [-0.2, -0.15) is 0 Å². The molecule has 1 atom stereocenters. The summed E-state index contributed by atoms with van der Waals surface area (Å²) in [5, 5.41) is 6.65. The van der Waals surface area contributed by atoms with E-state index in [0.29, 0.717) is 11.6 Å². The highest BCUT2D eigenvalue weighted by atomic mass is 19.1. The van der Waals surface area contributed by atoms with Gasteiger partial charge < -0.3 is 14.8 Å². The van der Waals surface area contributed by atoms with Gasteiger partial charge in [-0.3, -0.25) is 9.69 Å². The van der Waals surface area contributed by atoms with Gasteiger partial charge in [0.15, 0.2) is 5.82 Å². The lowest BCUT2D eigenvalue weighted by Gasteiger charge is -2.14. The van der Waals surface area contributed by atoms with Gasteiger partial charge in [0.25, 0.3) is 0 Å². The summed E-state index contributed by atoms with van der Waals surface area (Å²) >= 11 is 0. The highest BCUT2D eigenvalue weighted by Gasteiger charge is 2.32. The maximum Gasteiger partial charge on any atom is 0.414 e. The van der Waals surface area contributed by atoms with Crippen LogP contribution in [0.3, 0.4) is 0 Å². The van der Waals surface area contributed by atoms with E-state index in [0.717, 1.165) is 0 Å². The molecule has 0 bridgehead atoms. The van der Waals surface area contributed by atoms with Crippen molar-refractivity contribution in [1.29, 1.82) is 0 Å². The number of carbonyl (C=O) groups excluding carboxylic acids is 2. The number of cyclic esters (lactones) is 1. The predicted molar refractivity (Wildman–Crippen MR) is 86.4 cm³/mol. The van der Waals surface area contributed by atoms with Gasteiger partial charge in [0.05, 0.1) is 25.9 Å². The van der Waals surface area contributed by atoms with Gasteiger partial charge in [-0.25, -0.2) is 13.9 Å². The molecule has 0 spiro atoms. The molecule has 8 nitrogen and oxygen atoms in total. The Morgan fingerprint density at radius 2 is 2.28 bits per heavy atom. The summed E-state index contributed by atoms with van der Waals surface area (Å²) in [5.74, 6) is -0.381. The van der Waals surface area contributed by atoms with Crippen molar-refractivity contribution < 1.29 is 23.5 Å². The van der Waals surface area contributed by atoms with E-state index in [1.54, 1.807) is 18.3 Å². The third kappa shape index (κ3) is 3.54. The molecule has 2 aromatic rings. The number of amides is 2. The number of ether oxygens (including phenoxy) is 2. The minimum atomic E-state index is -0.580. The van der Waals surface area contributed by atoms with E-state index >= 15 is 0 Å². The summed E-state index contributed by atoms with van der Waals surface area (Å²) in [6.45, 7) is 1.83. The minimum absolute atomic E-state index is 0.209. The Kier molecular flexibility index (Phi) is 4.55. The summed E-state index contributed by atoms with van der Waals surface area (Å²) < 4.78 is 25.9. The first kappa shape index (κ1) is 16.7. The molecule has 1 aliphatic heterocycles. The molecule has 2 heterocycles. The van der Waals surface area contributed by atoms with Crippen LogP contribution in [0.4, 0.5) is 14.9 Å². The molecule has 9 heteroatoms. The van der Waals surface area contributed by atoms with Crippen molar-refractivity contribution in [2.45, 2.75) is 13.0 Å². The number of hydrogen-bond acceptors (Lipinski definition) is 5. The second-order valence-electron chi connectivity index (χ2n) is 5.49. The number of nitrogens with zero attached hydrogens (tertiary/aromatic N) is 3. The molecular formula is C16H17FN4O4. The number of carbonyl (C=O) groups is 2. The van der Waals surface area contributed by atoms with Crippen molar-refractivity contribution in [3.8, 4) is 11.6 Å². The quantitative estimate of drug-likeness (QED) is 0.885. The van der Waals surface area contributed by atoms with Crippen LogP contribution in [0, 0.1) is 5.82 Å². The molecule has 1 aromatic heterocycles. The van der Waals surface area contributed by atoms with Gasteiger partial charge >= 0.3 is 6.09 Å². The Balaban J connectivity index is 1.76. The molecule has 132 valence electrons. The molecule has 0 saturated carbocycles. The zero-order valence-electron chi connectivity index (χ0n) is 13.7. The summed E-state index contributed by atoms with van der Waals surface area (Å²) in [6, 6.07) is 5.98. The van der Waals surface area contributed by atoms with E-state index in [2.05, 4.69) is 10.4 Å². The van der Waals surface area contributed by atoms with Gasteiger partial charge in [0, 0.05) is 19.2 Å². The second-order valence-corrected chi connectivity index (χ2v) is 5.49. The maximum atomic E-state index is 14.4. The number of hydrogen-bond donors (Lipinski definition) is 1. The predicted octanol–water partition coefficient (Wildman–Crippen LogP) is 1.48. The van der Waals surface area contributed by atoms with Gasteiger partial charge in [-0.15, -0.1) is 5.10 Å². The zero-order chi connectivity index (χ0) is 18.0. The number of aromatic nitrogens is 2. The molecule has 1 aliphatic rings. The van der Waals surface area contributed by atoms with E-state index in [1.807, 2.05) is 0 Å². The number of anilines is 1. The number of rotatable bonds is 5. The Hall–Kier alpha value is -3.10. The first-order chi connectivity index (χ1) is 12.0. The molecule has 0 unspecified atom stereocenters. The van der Waals surface area contributed by atoms with Crippen LogP contribution in [0.1, 0.15) is 6.92 Å². The smallest absolute Gasteiger partial charge is 0.414 e. The van der Waals surface area contributed by atoms with Crippen LogP contribution < -0.4 is 15.0 Å². The molecule has 1 fully saturated rings. The Morgan fingerprint density at radius 3 is 2.92 bits per heavy atom. The van der Waals surface area contributed by atoms with Crippen molar-refractivity contribution in [3.05, 3.63) is 36.3 Å². The van der Waals surface area contributed by atoms with E-state index in [9.17, 15) is 14.0 Å². The fraction of sp³-hybridized carbons (Fsp3) is 0.312. The van der Waals surface area contributed by atoms with E-state index in [1.165, 1.54) is 35.7 Å². The van der Waals surface area contributed by atoms with Crippen LogP contribution in [-0.4, -0.2) is 48.1 Å². The molecule has 1 N–H and O–H groups in total. The Bertz CT molecular complexity index is 807. The molecule has 3 rings (SSSR count). The molecule has 1 aromatic carbocycles. The van der Waals surface area contributed by atoms with Gasteiger partial charge in [0.2, 0.25) is 11.8 Å². The molecule has 0 aliphatic carbocycles. The second kappa shape index (κ2) is 6.80. The lowest BCUT2D eigenvalue weighted by atomic mass is 10.2. The first-order valence-corrected chi connectivity index (χ1v) is 7.60. The number of methoxy groups -OCH3 is 1. The van der Waals surface area contributed by atoms with Gasteiger partial charge in [-0.1, -0.05) is 0 Å². The van der Waals surface area contributed by atoms with E-state index in [4.69, 9.17) is 9.47 Å². The van der Waals surface area contributed by atoms with Gasteiger partial charge in [0.1, 0.15) is 11.8 Å².